The third-order valence-electron chi connectivity index (χ3n) is 14.6. The van der Waals surface area contributed by atoms with E-state index in [9.17, 15) is 48.4 Å². The highest BCUT2D eigenvalue weighted by Gasteiger charge is 2.62. The Balaban J connectivity index is 1.12. The van der Waals surface area contributed by atoms with Crippen LogP contribution in [0.4, 0.5) is 0 Å². The molecular weight excluding hydrogens is 744 g/mol. The standard InChI is InChI=1S/C38H60O16S/c1-16(2)12-26-31(51-26)17(3)20-6-7-21-19-14-25(54-55(46,47)48)23-13-18(8-10-38(23,5)22(19)9-11-37(20,21)4)50-36-33(29(42)28(41)32(52-36)34(44)45)53-35-30(43)27(40)24(39)15-49-35/h9,16-21,23-33,35-36,39-43H,6-8,10-15H2,1-5H3,(H,44,45)(H,46,47,48)/p-2/t17-,18-,19-,20+,21-,23+,24-,25-,26-,27-,28-,29-,30+,31-,32-,33+,35-,36+,37+,38+/m0/s1. The van der Waals surface area contributed by atoms with Crippen molar-refractivity contribution in [3.63, 3.8) is 0 Å². The molecule has 0 aromatic rings. The first-order chi connectivity index (χ1) is 25.7. The maximum atomic E-state index is 12.3. The molecule has 314 valence electrons. The Kier molecular flexibility index (Phi) is 11.7. The van der Waals surface area contributed by atoms with Crippen LogP contribution in [0, 0.1) is 46.3 Å². The minimum Gasteiger partial charge on any atom is -0.726 e. The highest BCUT2D eigenvalue weighted by Crippen LogP contribution is 2.67. The molecule has 0 aromatic heterocycles. The van der Waals surface area contributed by atoms with Gasteiger partial charge in [0.15, 0.2) is 12.6 Å². The fraction of sp³-hybridized carbons (Fsp3) is 0.921. The number of carboxylic acids is 1. The summed E-state index contributed by atoms with van der Waals surface area (Å²) in [6.45, 7) is 10.7. The van der Waals surface area contributed by atoms with Gasteiger partial charge in [-0.25, -0.2) is 8.42 Å². The molecule has 7 aliphatic rings. The van der Waals surface area contributed by atoms with Crippen molar-refractivity contribution in [2.45, 2.75) is 166 Å². The fourth-order valence-corrected chi connectivity index (χ4v) is 12.3. The molecule has 17 heteroatoms. The molecule has 7 rings (SSSR count). The smallest absolute Gasteiger partial charge is 0.217 e. The molecule has 6 fully saturated rings. The maximum absolute atomic E-state index is 12.3. The first-order valence-corrected chi connectivity index (χ1v) is 21.3. The number of ether oxygens (including phenoxy) is 5. The van der Waals surface area contributed by atoms with Crippen LogP contribution >= 0.6 is 0 Å². The van der Waals surface area contributed by atoms with Crippen molar-refractivity contribution in [2.24, 2.45) is 46.3 Å². The average Bonchev–Trinajstić information content (AvgIpc) is 3.76. The minimum absolute atomic E-state index is 0.00343. The summed E-state index contributed by atoms with van der Waals surface area (Å²) in [5.74, 6) is -0.720. The Morgan fingerprint density at radius 2 is 1.67 bits per heavy atom. The number of fused-ring (bicyclic) bond motifs is 5. The fourth-order valence-electron chi connectivity index (χ4n) is 11.8. The molecule has 0 spiro atoms. The van der Waals surface area contributed by atoms with Gasteiger partial charge in [-0.2, -0.15) is 0 Å². The van der Waals surface area contributed by atoms with Gasteiger partial charge in [0, 0.05) is 0 Å². The number of aliphatic hydroxyl groups excluding tert-OH is 5. The highest BCUT2D eigenvalue weighted by molar-refractivity contribution is 7.80. The van der Waals surface area contributed by atoms with E-state index in [-0.39, 0.29) is 35.9 Å². The molecule has 0 amide bonds. The van der Waals surface area contributed by atoms with E-state index in [1.54, 1.807) is 0 Å². The molecule has 5 N–H and O–H groups in total. The number of carboxylic acid groups (broad SMARTS) is 1. The Hall–Kier alpha value is -1.32. The first kappa shape index (κ1) is 41.8. The second kappa shape index (κ2) is 15.4. The van der Waals surface area contributed by atoms with Crippen molar-refractivity contribution in [3.05, 3.63) is 11.6 Å². The molecule has 55 heavy (non-hydrogen) atoms. The lowest BCUT2D eigenvalue weighted by Crippen LogP contribution is -2.65. The van der Waals surface area contributed by atoms with Crippen LogP contribution in [0.2, 0.25) is 0 Å². The van der Waals surface area contributed by atoms with Crippen LogP contribution in [-0.4, -0.2) is 131 Å². The number of carbonyl (C=O) groups is 1. The lowest BCUT2D eigenvalue weighted by atomic mass is 9.47. The number of carbonyl (C=O) groups excluding carboxylic acids is 1. The maximum Gasteiger partial charge on any atom is 0.217 e. The van der Waals surface area contributed by atoms with Crippen molar-refractivity contribution in [1.29, 1.82) is 0 Å². The lowest BCUT2D eigenvalue weighted by Gasteiger charge is -2.59. The van der Waals surface area contributed by atoms with Crippen LogP contribution < -0.4 is 5.11 Å². The average molecular weight is 803 g/mol. The van der Waals surface area contributed by atoms with Crippen LogP contribution in [-0.2, 0) is 43.1 Å². The van der Waals surface area contributed by atoms with E-state index in [1.807, 2.05) is 0 Å². The third kappa shape index (κ3) is 7.80. The summed E-state index contributed by atoms with van der Waals surface area (Å²) in [7, 11) is -5.11. The molecule has 3 heterocycles. The largest absolute Gasteiger partial charge is 0.726 e. The van der Waals surface area contributed by atoms with Gasteiger partial charge in [0.2, 0.25) is 10.4 Å². The first-order valence-electron chi connectivity index (χ1n) is 19.9. The Morgan fingerprint density at radius 1 is 0.945 bits per heavy atom. The van der Waals surface area contributed by atoms with Gasteiger partial charge >= 0.3 is 0 Å². The number of epoxide rings is 1. The van der Waals surface area contributed by atoms with Crippen LogP contribution in [0.1, 0.15) is 86.0 Å². The van der Waals surface area contributed by atoms with Gasteiger partial charge in [0.1, 0.15) is 42.7 Å². The van der Waals surface area contributed by atoms with Crippen molar-refractivity contribution in [2.75, 3.05) is 6.61 Å². The monoisotopic (exact) mass is 802 g/mol. The summed E-state index contributed by atoms with van der Waals surface area (Å²) in [5, 5.41) is 64.1. The van der Waals surface area contributed by atoms with Gasteiger partial charge in [-0.1, -0.05) is 46.3 Å². The molecule has 20 atom stereocenters. The van der Waals surface area contributed by atoms with Crippen molar-refractivity contribution in [3.8, 4) is 0 Å². The van der Waals surface area contributed by atoms with Crippen molar-refractivity contribution < 1.29 is 76.3 Å². The van der Waals surface area contributed by atoms with Crippen molar-refractivity contribution in [1.82, 2.24) is 0 Å². The summed E-state index contributed by atoms with van der Waals surface area (Å²) >= 11 is 0. The summed E-state index contributed by atoms with van der Waals surface area (Å²) in [6, 6.07) is 0. The van der Waals surface area contributed by atoms with Gasteiger partial charge in [0.25, 0.3) is 0 Å². The van der Waals surface area contributed by atoms with Gasteiger partial charge < -0.3 is 63.7 Å². The Morgan fingerprint density at radius 3 is 2.35 bits per heavy atom. The summed E-state index contributed by atoms with van der Waals surface area (Å²) in [6.07, 6.45) is -9.34. The summed E-state index contributed by atoms with van der Waals surface area (Å²) in [4.78, 5) is 11.9. The van der Waals surface area contributed by atoms with Gasteiger partial charge in [-0.05, 0) is 97.7 Å². The third-order valence-corrected chi connectivity index (χ3v) is 15.1. The predicted molar refractivity (Wildman–Crippen MR) is 186 cm³/mol. The zero-order chi connectivity index (χ0) is 39.9. The SMILES string of the molecule is CC(C)C[C@@H]1O[C@H]1[C@@H](C)[C@H]1CC[C@H]2[C@@H]3C[C@H](OS(=O)(=O)[O-])[C@H]4C[C@@H](O[C@@H]5O[C@H](C(=O)[O-])[C@@H](O)[C@H](O)[C@H]5O[C@@H]5OC[C@H](O)[C@H](O)[C@H]5O)CC[C@]4(C)C3=CC[C@]12C. The van der Waals surface area contributed by atoms with E-state index < -0.39 is 102 Å². The summed E-state index contributed by atoms with van der Waals surface area (Å²) < 4.78 is 71.4. The van der Waals surface area contributed by atoms with E-state index in [4.69, 9.17) is 27.9 Å². The lowest BCUT2D eigenvalue weighted by molar-refractivity contribution is -0.377. The van der Waals surface area contributed by atoms with Crippen molar-refractivity contribution >= 4 is 16.4 Å². The molecule has 0 unspecified atom stereocenters. The molecule has 16 nitrogen and oxygen atoms in total. The quantitative estimate of drug-likeness (QED) is 0.0600. The molecule has 4 aliphatic carbocycles. The second-order valence-corrected chi connectivity index (χ2v) is 19.3. The minimum atomic E-state index is -5.11. The van der Waals surface area contributed by atoms with Gasteiger partial charge in [-0.3, -0.25) is 4.18 Å². The molecule has 0 aromatic carbocycles. The Bertz CT molecular complexity index is 1560. The van der Waals surface area contributed by atoms with Gasteiger partial charge in [-0.15, -0.1) is 0 Å². The summed E-state index contributed by atoms with van der Waals surface area (Å²) in [5.41, 5.74) is 0.643. The molecule has 3 saturated carbocycles. The normalized spacial score (nSPS) is 50.4. The van der Waals surface area contributed by atoms with Gasteiger partial charge in [0.05, 0.1) is 37.0 Å². The van der Waals surface area contributed by atoms with Crippen LogP contribution in [0.3, 0.4) is 0 Å². The number of aliphatic hydroxyl groups is 5. The molecule has 0 radical (unpaired) electrons. The zero-order valence-corrected chi connectivity index (χ0v) is 32.9. The molecule has 0 bridgehead atoms. The molecule has 3 aliphatic heterocycles. The second-order valence-electron chi connectivity index (χ2n) is 18.3. The van der Waals surface area contributed by atoms with E-state index in [1.165, 1.54) is 5.57 Å². The molecule has 3 saturated heterocycles. The van der Waals surface area contributed by atoms with E-state index in [0.29, 0.717) is 37.0 Å². The topological polar surface area (TPSA) is 257 Å². The Labute approximate surface area is 322 Å². The molecular formula is C38H58O16S-2. The number of aliphatic carboxylic acids is 1. The van der Waals surface area contributed by atoms with Crippen LogP contribution in [0.25, 0.3) is 0 Å². The van der Waals surface area contributed by atoms with Crippen LogP contribution in [0.5, 0.6) is 0 Å². The predicted octanol–water partition coefficient (Wildman–Crippen LogP) is -0.124. The number of hydrogen-bond donors (Lipinski definition) is 5. The van der Waals surface area contributed by atoms with E-state index in [2.05, 4.69) is 40.7 Å². The van der Waals surface area contributed by atoms with Crippen LogP contribution in [0.15, 0.2) is 11.6 Å². The van der Waals surface area contributed by atoms with E-state index in [0.717, 1.165) is 25.7 Å². The number of allylic oxidation sites excluding steroid dienone is 2. The zero-order valence-electron chi connectivity index (χ0n) is 32.0. The van der Waals surface area contributed by atoms with E-state index >= 15 is 0 Å². The highest BCUT2D eigenvalue weighted by atomic mass is 32.3. The number of rotatable bonds is 11. The number of hydrogen-bond acceptors (Lipinski definition) is 16.